The van der Waals surface area contributed by atoms with E-state index in [2.05, 4.69) is 15.9 Å². The first-order chi connectivity index (χ1) is 8.44. The van der Waals surface area contributed by atoms with Gasteiger partial charge in [-0.15, -0.1) is 0 Å². The Labute approximate surface area is 114 Å². The molecular formula is C14H14BrNO2. The third kappa shape index (κ3) is 1.48. The van der Waals surface area contributed by atoms with Gasteiger partial charge in [-0.1, -0.05) is 48.0 Å². The maximum Gasteiger partial charge on any atom is 0.233 e. The quantitative estimate of drug-likeness (QED) is 0.788. The number of amides is 2. The molecule has 1 saturated heterocycles. The molecule has 0 spiro atoms. The van der Waals surface area contributed by atoms with E-state index < -0.39 is 0 Å². The monoisotopic (exact) mass is 307 g/mol. The molecule has 1 saturated carbocycles. The van der Waals surface area contributed by atoms with Gasteiger partial charge in [-0.25, -0.2) is 0 Å². The summed E-state index contributed by atoms with van der Waals surface area (Å²) in [5, 5.41) is 0. The average Bonchev–Trinajstić information content (AvgIpc) is 2.78. The van der Waals surface area contributed by atoms with E-state index in [9.17, 15) is 9.59 Å². The number of rotatable bonds is 2. The largest absolute Gasteiger partial charge is 0.278 e. The van der Waals surface area contributed by atoms with E-state index in [1.54, 1.807) is 0 Å². The second kappa shape index (κ2) is 3.67. The number of hydrogen-bond acceptors (Lipinski definition) is 2. The predicted octanol–water partition coefficient (Wildman–Crippen LogP) is 2.59. The van der Waals surface area contributed by atoms with Crippen molar-refractivity contribution in [3.63, 3.8) is 0 Å². The average molecular weight is 308 g/mol. The molecule has 1 heterocycles. The number of carbonyl (C=O) groups is 2. The van der Waals surface area contributed by atoms with Crippen LogP contribution < -0.4 is 0 Å². The number of imide groups is 1. The highest BCUT2D eigenvalue weighted by Gasteiger charge is 2.72. The van der Waals surface area contributed by atoms with Crippen LogP contribution in [-0.2, 0) is 16.1 Å². The van der Waals surface area contributed by atoms with Gasteiger partial charge in [0.25, 0.3) is 0 Å². The van der Waals surface area contributed by atoms with E-state index in [0.717, 1.165) is 10.0 Å². The molecule has 0 N–H and O–H groups in total. The van der Waals surface area contributed by atoms with Crippen molar-refractivity contribution in [2.75, 3.05) is 0 Å². The van der Waals surface area contributed by atoms with Crippen LogP contribution in [0.3, 0.4) is 0 Å². The second-order valence-electron chi connectivity index (χ2n) is 5.63. The number of halogens is 1. The lowest BCUT2D eigenvalue weighted by atomic mass is 10.1. The molecule has 1 aliphatic carbocycles. The van der Waals surface area contributed by atoms with Gasteiger partial charge < -0.3 is 0 Å². The Balaban J connectivity index is 1.83. The van der Waals surface area contributed by atoms with Crippen LogP contribution in [-0.4, -0.2) is 16.7 Å². The summed E-state index contributed by atoms with van der Waals surface area (Å²) in [5.41, 5.74) is 0.844. The van der Waals surface area contributed by atoms with Crippen LogP contribution in [0, 0.1) is 17.3 Å². The lowest BCUT2D eigenvalue weighted by molar-refractivity contribution is -0.143. The number of carbonyl (C=O) groups excluding carboxylic acids is 2. The van der Waals surface area contributed by atoms with E-state index in [1.807, 2.05) is 38.1 Å². The molecule has 0 bridgehead atoms. The molecule has 3 rings (SSSR count). The van der Waals surface area contributed by atoms with Crippen molar-refractivity contribution in [1.29, 1.82) is 0 Å². The minimum atomic E-state index is -0.126. The number of fused-ring (bicyclic) bond motifs is 1. The SMILES string of the molecule is CC1(C)C2C(=O)N(Cc3ccccc3Br)C(=O)C21. The highest BCUT2D eigenvalue weighted by Crippen LogP contribution is 2.63. The summed E-state index contributed by atoms with van der Waals surface area (Å²) in [6.07, 6.45) is 0. The Morgan fingerprint density at radius 3 is 2.28 bits per heavy atom. The first-order valence-corrected chi connectivity index (χ1v) is 6.82. The number of benzene rings is 1. The van der Waals surface area contributed by atoms with Crippen molar-refractivity contribution < 1.29 is 9.59 Å². The van der Waals surface area contributed by atoms with Crippen molar-refractivity contribution in [2.24, 2.45) is 17.3 Å². The standard InChI is InChI=1S/C14H14BrNO2/c1-14(2)10-11(14)13(18)16(12(10)17)7-8-5-3-4-6-9(8)15/h3-6,10-11H,7H2,1-2H3. The number of piperidine rings is 1. The topological polar surface area (TPSA) is 37.4 Å². The third-order valence-electron chi connectivity index (χ3n) is 4.18. The van der Waals surface area contributed by atoms with Gasteiger partial charge in [0.1, 0.15) is 0 Å². The molecule has 2 atom stereocenters. The number of hydrogen-bond donors (Lipinski definition) is 0. The fraction of sp³-hybridized carbons (Fsp3) is 0.429. The van der Waals surface area contributed by atoms with E-state index in [1.165, 1.54) is 4.90 Å². The summed E-state index contributed by atoms with van der Waals surface area (Å²) in [6, 6.07) is 7.68. The minimum Gasteiger partial charge on any atom is -0.278 e. The maximum atomic E-state index is 12.2. The zero-order valence-corrected chi connectivity index (χ0v) is 11.9. The predicted molar refractivity (Wildman–Crippen MR) is 70.5 cm³/mol. The second-order valence-corrected chi connectivity index (χ2v) is 6.49. The van der Waals surface area contributed by atoms with Gasteiger partial charge in [-0.2, -0.15) is 0 Å². The third-order valence-corrected chi connectivity index (χ3v) is 4.95. The summed E-state index contributed by atoms with van der Waals surface area (Å²) >= 11 is 3.44. The molecule has 2 fully saturated rings. The van der Waals surface area contributed by atoms with Gasteiger partial charge >= 0.3 is 0 Å². The summed E-state index contributed by atoms with van der Waals surface area (Å²) in [4.78, 5) is 25.8. The lowest BCUT2D eigenvalue weighted by Gasteiger charge is -2.21. The normalized spacial score (nSPS) is 28.5. The van der Waals surface area contributed by atoms with Gasteiger partial charge in [0.2, 0.25) is 11.8 Å². The molecule has 1 aliphatic heterocycles. The van der Waals surface area contributed by atoms with Crippen LogP contribution in [0.5, 0.6) is 0 Å². The van der Waals surface area contributed by atoms with E-state index in [0.29, 0.717) is 6.54 Å². The fourth-order valence-electron chi connectivity index (χ4n) is 2.96. The van der Waals surface area contributed by atoms with Crippen molar-refractivity contribution >= 4 is 27.7 Å². The highest BCUT2D eigenvalue weighted by molar-refractivity contribution is 9.10. The van der Waals surface area contributed by atoms with Gasteiger partial charge in [-0.3, -0.25) is 14.5 Å². The molecule has 94 valence electrons. The molecule has 0 radical (unpaired) electrons. The van der Waals surface area contributed by atoms with Crippen LogP contribution in [0.15, 0.2) is 28.7 Å². The maximum absolute atomic E-state index is 12.2. The fourth-order valence-corrected chi connectivity index (χ4v) is 3.37. The smallest absolute Gasteiger partial charge is 0.233 e. The number of nitrogens with zero attached hydrogens (tertiary/aromatic N) is 1. The van der Waals surface area contributed by atoms with Gasteiger partial charge in [0.15, 0.2) is 0 Å². The molecule has 2 amide bonds. The molecular weight excluding hydrogens is 294 g/mol. The molecule has 1 aromatic rings. The van der Waals surface area contributed by atoms with Gasteiger partial charge in [0.05, 0.1) is 18.4 Å². The zero-order chi connectivity index (χ0) is 13.1. The summed E-state index contributed by atoms with van der Waals surface area (Å²) in [7, 11) is 0. The Bertz CT molecular complexity index is 528. The van der Waals surface area contributed by atoms with Gasteiger partial charge in [-0.05, 0) is 17.0 Å². The van der Waals surface area contributed by atoms with Crippen LogP contribution in [0.1, 0.15) is 19.4 Å². The summed E-state index contributed by atoms with van der Waals surface area (Å²) < 4.78 is 0.936. The molecule has 3 nitrogen and oxygen atoms in total. The van der Waals surface area contributed by atoms with Crippen LogP contribution >= 0.6 is 15.9 Å². The Morgan fingerprint density at radius 1 is 1.17 bits per heavy atom. The molecule has 18 heavy (non-hydrogen) atoms. The van der Waals surface area contributed by atoms with E-state index in [4.69, 9.17) is 0 Å². The lowest BCUT2D eigenvalue weighted by Crippen LogP contribution is -2.35. The van der Waals surface area contributed by atoms with Crippen LogP contribution in [0.2, 0.25) is 0 Å². The van der Waals surface area contributed by atoms with Crippen molar-refractivity contribution in [2.45, 2.75) is 20.4 Å². The Hall–Kier alpha value is -1.16. The van der Waals surface area contributed by atoms with Crippen LogP contribution in [0.25, 0.3) is 0 Å². The highest BCUT2D eigenvalue weighted by atomic mass is 79.9. The van der Waals surface area contributed by atoms with E-state index in [-0.39, 0.29) is 29.1 Å². The molecule has 0 aromatic heterocycles. The molecule has 2 aliphatic rings. The summed E-state index contributed by atoms with van der Waals surface area (Å²) in [5.74, 6) is -0.198. The summed E-state index contributed by atoms with van der Waals surface area (Å²) in [6.45, 7) is 4.37. The molecule has 2 unspecified atom stereocenters. The first kappa shape index (κ1) is 11.9. The van der Waals surface area contributed by atoms with Gasteiger partial charge in [0, 0.05) is 4.47 Å². The van der Waals surface area contributed by atoms with Crippen molar-refractivity contribution in [1.82, 2.24) is 4.90 Å². The Kier molecular flexibility index (Phi) is 2.43. The van der Waals surface area contributed by atoms with E-state index >= 15 is 0 Å². The Morgan fingerprint density at radius 2 is 1.72 bits per heavy atom. The number of likely N-dealkylation sites (tertiary alicyclic amines) is 1. The van der Waals surface area contributed by atoms with Crippen molar-refractivity contribution in [3.05, 3.63) is 34.3 Å². The molecule has 4 heteroatoms. The zero-order valence-electron chi connectivity index (χ0n) is 10.3. The van der Waals surface area contributed by atoms with Crippen molar-refractivity contribution in [3.8, 4) is 0 Å². The van der Waals surface area contributed by atoms with Crippen LogP contribution in [0.4, 0.5) is 0 Å². The first-order valence-electron chi connectivity index (χ1n) is 6.03. The minimum absolute atomic E-state index is 0.00856. The molecule has 1 aromatic carbocycles.